The van der Waals surface area contributed by atoms with E-state index in [0.717, 1.165) is 24.0 Å². The van der Waals surface area contributed by atoms with E-state index in [1.54, 1.807) is 0 Å². The number of benzene rings is 1. The van der Waals surface area contributed by atoms with E-state index in [-0.39, 0.29) is 24.5 Å². The summed E-state index contributed by atoms with van der Waals surface area (Å²) in [5, 5.41) is 5.39. The fourth-order valence-corrected chi connectivity index (χ4v) is 2.13. The van der Waals surface area contributed by atoms with Crippen molar-refractivity contribution in [1.82, 2.24) is 10.6 Å². The fraction of sp³-hybridized carbons (Fsp3) is 0.467. The summed E-state index contributed by atoms with van der Waals surface area (Å²) in [5.41, 5.74) is 2.21. The highest BCUT2D eigenvalue weighted by atomic mass is 16.5. The van der Waals surface area contributed by atoms with Gasteiger partial charge in [0.15, 0.2) is 0 Å². The van der Waals surface area contributed by atoms with Gasteiger partial charge in [-0.3, -0.25) is 9.59 Å². The van der Waals surface area contributed by atoms with E-state index in [0.29, 0.717) is 13.2 Å². The van der Waals surface area contributed by atoms with Gasteiger partial charge in [0, 0.05) is 13.2 Å². The smallest absolute Gasteiger partial charge is 0.249 e. The Hall–Kier alpha value is -1.88. The fourth-order valence-electron chi connectivity index (χ4n) is 2.13. The van der Waals surface area contributed by atoms with E-state index in [2.05, 4.69) is 10.6 Å². The molecule has 0 aromatic heterocycles. The molecule has 0 bridgehead atoms. The quantitative estimate of drug-likeness (QED) is 0.840. The molecule has 1 atom stereocenters. The van der Waals surface area contributed by atoms with Gasteiger partial charge < -0.3 is 15.4 Å². The number of aryl methyl sites for hydroxylation is 1. The molecule has 1 aliphatic heterocycles. The molecule has 5 heteroatoms. The average molecular weight is 276 g/mol. The molecule has 0 saturated carbocycles. The lowest BCUT2D eigenvalue weighted by Crippen LogP contribution is -2.41. The maximum Gasteiger partial charge on any atom is 0.249 e. The van der Waals surface area contributed by atoms with E-state index in [9.17, 15) is 9.59 Å². The Morgan fingerprint density at radius 3 is 2.80 bits per heavy atom. The Balaban J connectivity index is 1.70. The summed E-state index contributed by atoms with van der Waals surface area (Å²) in [4.78, 5) is 23.3. The summed E-state index contributed by atoms with van der Waals surface area (Å²) in [7, 11) is 0. The van der Waals surface area contributed by atoms with E-state index >= 15 is 0 Å². The van der Waals surface area contributed by atoms with Gasteiger partial charge in [-0.1, -0.05) is 24.3 Å². The zero-order chi connectivity index (χ0) is 14.4. The molecule has 1 aliphatic rings. The van der Waals surface area contributed by atoms with Crippen molar-refractivity contribution in [3.8, 4) is 0 Å². The highest BCUT2D eigenvalue weighted by Gasteiger charge is 2.23. The molecule has 1 saturated heterocycles. The van der Waals surface area contributed by atoms with Crippen LogP contribution in [0.3, 0.4) is 0 Å². The lowest BCUT2D eigenvalue weighted by Gasteiger charge is -2.11. The van der Waals surface area contributed by atoms with Crippen molar-refractivity contribution in [2.24, 2.45) is 0 Å². The highest BCUT2D eigenvalue weighted by molar-refractivity contribution is 5.86. The zero-order valence-electron chi connectivity index (χ0n) is 11.6. The number of carbonyl (C=O) groups is 2. The predicted octanol–water partition coefficient (Wildman–Crippen LogP) is 0.906. The van der Waals surface area contributed by atoms with Crippen LogP contribution in [0.25, 0.3) is 0 Å². The van der Waals surface area contributed by atoms with Crippen LogP contribution in [0.5, 0.6) is 0 Å². The van der Waals surface area contributed by atoms with Gasteiger partial charge in [0.25, 0.3) is 0 Å². The van der Waals surface area contributed by atoms with Crippen LogP contribution in [0.2, 0.25) is 0 Å². The van der Waals surface area contributed by atoms with Crippen molar-refractivity contribution in [3.63, 3.8) is 0 Å². The summed E-state index contributed by atoms with van der Waals surface area (Å²) in [6, 6.07) is 7.87. The monoisotopic (exact) mass is 276 g/mol. The molecule has 1 aromatic rings. The Bertz CT molecular complexity index is 482. The van der Waals surface area contributed by atoms with Crippen molar-refractivity contribution >= 4 is 11.8 Å². The minimum Gasteiger partial charge on any atom is -0.368 e. The lowest BCUT2D eigenvalue weighted by atomic mass is 10.1. The molecule has 1 unspecified atom stereocenters. The van der Waals surface area contributed by atoms with Crippen LogP contribution < -0.4 is 10.6 Å². The Morgan fingerprint density at radius 1 is 1.30 bits per heavy atom. The third-order valence-corrected chi connectivity index (χ3v) is 3.38. The standard InChI is InChI=1S/C15H20N2O3/c1-11-5-2-3-6-12(11)9-16-14(18)10-17-15(19)13-7-4-8-20-13/h2-3,5-6,13H,4,7-10H2,1H3,(H,16,18)(H,17,19). The van der Waals surface area contributed by atoms with Gasteiger partial charge >= 0.3 is 0 Å². The molecule has 108 valence electrons. The van der Waals surface area contributed by atoms with Crippen molar-refractivity contribution in [1.29, 1.82) is 0 Å². The third-order valence-electron chi connectivity index (χ3n) is 3.38. The number of ether oxygens (including phenoxy) is 1. The van der Waals surface area contributed by atoms with Gasteiger partial charge in [-0.25, -0.2) is 0 Å². The van der Waals surface area contributed by atoms with E-state index in [4.69, 9.17) is 4.74 Å². The van der Waals surface area contributed by atoms with Crippen LogP contribution in [-0.4, -0.2) is 31.1 Å². The van der Waals surface area contributed by atoms with Crippen LogP contribution in [0, 0.1) is 6.92 Å². The molecule has 1 heterocycles. The first-order valence-corrected chi connectivity index (χ1v) is 6.87. The molecule has 0 aliphatic carbocycles. The van der Waals surface area contributed by atoms with Crippen LogP contribution in [-0.2, 0) is 20.9 Å². The van der Waals surface area contributed by atoms with Gasteiger partial charge in [-0.15, -0.1) is 0 Å². The largest absolute Gasteiger partial charge is 0.368 e. The Morgan fingerprint density at radius 2 is 2.10 bits per heavy atom. The molecule has 2 rings (SSSR count). The summed E-state index contributed by atoms with van der Waals surface area (Å²) >= 11 is 0. The number of carbonyl (C=O) groups excluding carboxylic acids is 2. The first kappa shape index (κ1) is 14.5. The number of amides is 2. The van der Waals surface area contributed by atoms with Gasteiger partial charge in [0.05, 0.1) is 6.54 Å². The molecule has 0 spiro atoms. The van der Waals surface area contributed by atoms with Crippen molar-refractivity contribution in [2.75, 3.05) is 13.2 Å². The Kier molecular flexibility index (Phi) is 5.12. The number of hydrogen-bond donors (Lipinski definition) is 2. The molecule has 5 nitrogen and oxygen atoms in total. The average Bonchev–Trinajstić information content (AvgIpc) is 2.98. The molecule has 0 radical (unpaired) electrons. The maximum atomic E-state index is 11.7. The molecule has 1 aromatic carbocycles. The molecule has 2 N–H and O–H groups in total. The molecular weight excluding hydrogens is 256 g/mol. The van der Waals surface area contributed by atoms with Crippen molar-refractivity contribution in [2.45, 2.75) is 32.4 Å². The van der Waals surface area contributed by atoms with E-state index < -0.39 is 0 Å². The lowest BCUT2D eigenvalue weighted by molar-refractivity contribution is -0.132. The summed E-state index contributed by atoms with van der Waals surface area (Å²) < 4.78 is 5.25. The summed E-state index contributed by atoms with van der Waals surface area (Å²) in [5.74, 6) is -0.395. The SMILES string of the molecule is Cc1ccccc1CNC(=O)CNC(=O)C1CCCO1. The normalized spacial score (nSPS) is 17.8. The second-order valence-electron chi connectivity index (χ2n) is 4.92. The van der Waals surface area contributed by atoms with Gasteiger partial charge in [-0.2, -0.15) is 0 Å². The van der Waals surface area contributed by atoms with E-state index in [1.807, 2.05) is 31.2 Å². The first-order chi connectivity index (χ1) is 9.66. The number of hydrogen-bond acceptors (Lipinski definition) is 3. The number of rotatable bonds is 5. The van der Waals surface area contributed by atoms with Crippen LogP contribution in [0.15, 0.2) is 24.3 Å². The van der Waals surface area contributed by atoms with Crippen molar-refractivity contribution < 1.29 is 14.3 Å². The molecule has 2 amide bonds. The topological polar surface area (TPSA) is 67.4 Å². The van der Waals surface area contributed by atoms with Crippen LogP contribution in [0.4, 0.5) is 0 Å². The van der Waals surface area contributed by atoms with Crippen LogP contribution in [0.1, 0.15) is 24.0 Å². The highest BCUT2D eigenvalue weighted by Crippen LogP contribution is 2.11. The second kappa shape index (κ2) is 7.05. The van der Waals surface area contributed by atoms with Crippen molar-refractivity contribution in [3.05, 3.63) is 35.4 Å². The van der Waals surface area contributed by atoms with Crippen LogP contribution >= 0.6 is 0 Å². The summed E-state index contributed by atoms with van der Waals surface area (Å²) in [6.45, 7) is 3.09. The Labute approximate surface area is 118 Å². The van der Waals surface area contributed by atoms with Gasteiger partial charge in [0.2, 0.25) is 11.8 Å². The summed E-state index contributed by atoms with van der Waals surface area (Å²) in [6.07, 6.45) is 1.24. The second-order valence-corrected chi connectivity index (χ2v) is 4.92. The predicted molar refractivity (Wildman–Crippen MR) is 75.0 cm³/mol. The molecule has 20 heavy (non-hydrogen) atoms. The maximum absolute atomic E-state index is 11.7. The first-order valence-electron chi connectivity index (χ1n) is 6.87. The minimum atomic E-state index is -0.390. The van der Waals surface area contributed by atoms with Gasteiger partial charge in [0.1, 0.15) is 6.10 Å². The molecular formula is C15H20N2O3. The van der Waals surface area contributed by atoms with E-state index in [1.165, 1.54) is 0 Å². The molecule has 1 fully saturated rings. The number of nitrogens with one attached hydrogen (secondary N) is 2. The zero-order valence-corrected chi connectivity index (χ0v) is 11.6. The third kappa shape index (κ3) is 4.06. The van der Waals surface area contributed by atoms with Gasteiger partial charge in [-0.05, 0) is 30.9 Å². The minimum absolute atomic E-state index is 0.00935.